The number of nitrogens with one attached hydrogen (secondary N) is 4. The average Bonchev–Trinajstić information content (AvgIpc) is 3.62. The van der Waals surface area contributed by atoms with Gasteiger partial charge in [-0.3, -0.25) is 19.2 Å². The lowest BCUT2D eigenvalue weighted by molar-refractivity contribution is -0.125. The number of hydrogen-bond acceptors (Lipinski definition) is 6. The number of benzene rings is 2. The first kappa shape index (κ1) is 39.9. The van der Waals surface area contributed by atoms with Gasteiger partial charge in [-0.25, -0.2) is 9.97 Å². The number of amides is 4. The minimum atomic E-state index is -0.909. The van der Waals surface area contributed by atoms with E-state index in [1.165, 1.54) is 0 Å². The molecule has 5 rings (SSSR count). The second-order valence-electron chi connectivity index (χ2n) is 15.8. The summed E-state index contributed by atoms with van der Waals surface area (Å²) in [6, 6.07) is 16.6. The molecule has 0 fully saturated rings. The van der Waals surface area contributed by atoms with E-state index in [4.69, 9.17) is 9.97 Å². The van der Waals surface area contributed by atoms with Crippen molar-refractivity contribution < 1.29 is 19.2 Å². The van der Waals surface area contributed by atoms with Gasteiger partial charge >= 0.3 is 0 Å². The Bertz CT molecular complexity index is 1820. The summed E-state index contributed by atoms with van der Waals surface area (Å²) in [7, 11) is 0. The molecule has 54 heavy (non-hydrogen) atoms. The van der Waals surface area contributed by atoms with E-state index in [-0.39, 0.29) is 46.9 Å². The first-order valence-corrected chi connectivity index (χ1v) is 19.0. The van der Waals surface area contributed by atoms with Crippen LogP contribution in [0.25, 0.3) is 0 Å². The number of fused-ring (bicyclic) bond motifs is 4. The smallest absolute Gasteiger partial charge is 0.272 e. The Labute approximate surface area is 318 Å². The molecule has 3 heterocycles. The number of aromatic nitrogens is 4. The van der Waals surface area contributed by atoms with Crippen molar-refractivity contribution in [2.24, 2.45) is 23.7 Å². The fourth-order valence-corrected chi connectivity index (χ4v) is 6.98. The van der Waals surface area contributed by atoms with E-state index < -0.39 is 36.0 Å². The SMILES string of the molecule is Cc1c2nc(n1Cc1ccccc1)C(C(C)C)NC(=O)C(C(C)C)NC(=O)c1nc(n(Cc3ccccc3)c1C)C(C(C)C)NC(=O)C(C(C)C)NC2=O. The first-order chi connectivity index (χ1) is 25.6. The van der Waals surface area contributed by atoms with Crippen LogP contribution in [0.4, 0.5) is 0 Å². The molecule has 4 amide bonds. The van der Waals surface area contributed by atoms with E-state index in [2.05, 4.69) is 21.3 Å². The van der Waals surface area contributed by atoms with Gasteiger partial charge < -0.3 is 30.4 Å². The highest BCUT2D eigenvalue weighted by molar-refractivity contribution is 5.98. The lowest BCUT2D eigenvalue weighted by Gasteiger charge is -2.28. The van der Waals surface area contributed by atoms with Crippen LogP contribution in [-0.2, 0) is 22.7 Å². The summed E-state index contributed by atoms with van der Waals surface area (Å²) in [4.78, 5) is 66.9. The summed E-state index contributed by atoms with van der Waals surface area (Å²) in [6.07, 6.45) is 0. The fraction of sp³-hybridized carbons (Fsp3) is 0.476. The van der Waals surface area contributed by atoms with Crippen molar-refractivity contribution in [3.63, 3.8) is 0 Å². The molecule has 2 aromatic heterocycles. The molecule has 0 saturated heterocycles. The predicted molar refractivity (Wildman–Crippen MR) is 209 cm³/mol. The Morgan fingerprint density at radius 3 is 1.11 bits per heavy atom. The minimum Gasteiger partial charge on any atom is -0.344 e. The summed E-state index contributed by atoms with van der Waals surface area (Å²) in [6.45, 7) is 19.9. The number of hydrogen-bond donors (Lipinski definition) is 4. The van der Waals surface area contributed by atoms with E-state index in [1.807, 2.05) is 139 Å². The monoisotopic (exact) mass is 736 g/mol. The van der Waals surface area contributed by atoms with E-state index in [1.54, 1.807) is 0 Å². The molecule has 12 nitrogen and oxygen atoms in total. The molecule has 0 aliphatic carbocycles. The standard InChI is InChI=1S/C42H56N8O4/c1-23(2)31-37-43-35(27(9)49(37)21-29-17-13-11-14-18-29)41(53)48-34(26(7)8)40(52)46-32(24(3)4)38-44-36(42(54)47-33(25(5)6)39(51)45-31)28(10)50(38)22-30-19-15-12-16-20-30/h11-20,23-26,31-34H,21-22H2,1-10H3,(H,45,51)(H,46,52)(H,47,54)(H,48,53). The van der Waals surface area contributed by atoms with Crippen LogP contribution in [0.1, 0.15) is 123 Å². The Kier molecular flexibility index (Phi) is 12.4. The van der Waals surface area contributed by atoms with Gasteiger partial charge in [-0.15, -0.1) is 0 Å². The second kappa shape index (κ2) is 16.8. The van der Waals surface area contributed by atoms with Crippen LogP contribution >= 0.6 is 0 Å². The van der Waals surface area contributed by atoms with Crippen LogP contribution in [0.3, 0.4) is 0 Å². The molecule has 12 heteroatoms. The Hall–Kier alpha value is -5.26. The van der Waals surface area contributed by atoms with Crippen LogP contribution in [0.5, 0.6) is 0 Å². The molecule has 288 valence electrons. The second-order valence-corrected chi connectivity index (χ2v) is 15.8. The van der Waals surface area contributed by atoms with Gasteiger partial charge in [-0.1, -0.05) is 116 Å². The Balaban J connectivity index is 1.68. The number of rotatable bonds is 8. The zero-order chi connectivity index (χ0) is 39.4. The summed E-state index contributed by atoms with van der Waals surface area (Å²) in [5.41, 5.74) is 3.54. The highest BCUT2D eigenvalue weighted by Gasteiger charge is 2.36. The normalized spacial score (nSPS) is 20.1. The fourth-order valence-electron chi connectivity index (χ4n) is 6.98. The van der Waals surface area contributed by atoms with Crippen LogP contribution < -0.4 is 21.3 Å². The molecule has 0 saturated carbocycles. The largest absolute Gasteiger partial charge is 0.344 e. The molecule has 4 bridgehead atoms. The third-order valence-corrected chi connectivity index (χ3v) is 10.3. The molecular formula is C42H56N8O4. The molecule has 1 aliphatic rings. The van der Waals surface area contributed by atoms with Gasteiger partial charge in [0.25, 0.3) is 11.8 Å². The van der Waals surface area contributed by atoms with Crippen LogP contribution in [0, 0.1) is 37.5 Å². The van der Waals surface area contributed by atoms with Crippen LogP contribution in [-0.4, -0.2) is 54.8 Å². The van der Waals surface area contributed by atoms with E-state index in [9.17, 15) is 19.2 Å². The van der Waals surface area contributed by atoms with Crippen molar-refractivity contribution in [2.45, 2.75) is 106 Å². The van der Waals surface area contributed by atoms with E-state index in [0.29, 0.717) is 36.1 Å². The summed E-state index contributed by atoms with van der Waals surface area (Å²) >= 11 is 0. The average molecular weight is 737 g/mol. The lowest BCUT2D eigenvalue weighted by atomic mass is 9.99. The third-order valence-electron chi connectivity index (χ3n) is 10.3. The maximum Gasteiger partial charge on any atom is 0.272 e. The molecule has 1 aliphatic heterocycles. The van der Waals surface area contributed by atoms with Gasteiger partial charge in [0, 0.05) is 24.5 Å². The molecule has 2 aromatic carbocycles. The number of imidazole rings is 2. The molecule has 0 spiro atoms. The lowest BCUT2D eigenvalue weighted by Crippen LogP contribution is -2.52. The summed E-state index contributed by atoms with van der Waals surface area (Å²) in [5, 5.41) is 12.4. The van der Waals surface area contributed by atoms with Crippen molar-refractivity contribution in [2.75, 3.05) is 0 Å². The van der Waals surface area contributed by atoms with E-state index in [0.717, 1.165) is 11.1 Å². The van der Waals surface area contributed by atoms with Gasteiger partial charge in [0.1, 0.15) is 35.1 Å². The van der Waals surface area contributed by atoms with Crippen molar-refractivity contribution in [1.29, 1.82) is 0 Å². The highest BCUT2D eigenvalue weighted by atomic mass is 16.2. The molecule has 4 N–H and O–H groups in total. The van der Waals surface area contributed by atoms with Gasteiger partial charge in [-0.2, -0.15) is 0 Å². The van der Waals surface area contributed by atoms with Crippen LogP contribution in [0.2, 0.25) is 0 Å². The third kappa shape index (κ3) is 8.58. The van der Waals surface area contributed by atoms with Crippen LogP contribution in [0.15, 0.2) is 60.7 Å². The summed E-state index contributed by atoms with van der Waals surface area (Å²) in [5.74, 6) is -1.54. The molecule has 4 aromatic rings. The maximum atomic E-state index is 14.3. The number of carbonyl (C=O) groups is 4. The molecular weight excluding hydrogens is 681 g/mol. The molecule has 0 radical (unpaired) electrons. The topological polar surface area (TPSA) is 152 Å². The zero-order valence-electron chi connectivity index (χ0n) is 33.2. The molecule has 4 atom stereocenters. The Morgan fingerprint density at radius 2 is 0.815 bits per heavy atom. The van der Waals surface area contributed by atoms with Crippen molar-refractivity contribution in [3.8, 4) is 0 Å². The van der Waals surface area contributed by atoms with E-state index >= 15 is 0 Å². The minimum absolute atomic E-state index is 0.143. The van der Waals surface area contributed by atoms with Crippen molar-refractivity contribution in [1.82, 2.24) is 40.4 Å². The molecule has 4 unspecified atom stereocenters. The van der Waals surface area contributed by atoms with Crippen molar-refractivity contribution in [3.05, 3.63) is 106 Å². The maximum absolute atomic E-state index is 14.3. The van der Waals surface area contributed by atoms with Gasteiger partial charge in [0.15, 0.2) is 0 Å². The highest BCUT2D eigenvalue weighted by Crippen LogP contribution is 2.28. The van der Waals surface area contributed by atoms with Gasteiger partial charge in [0.2, 0.25) is 11.8 Å². The summed E-state index contributed by atoms with van der Waals surface area (Å²) < 4.78 is 3.91. The van der Waals surface area contributed by atoms with Gasteiger partial charge in [-0.05, 0) is 48.6 Å². The Morgan fingerprint density at radius 1 is 0.500 bits per heavy atom. The quantitative estimate of drug-likeness (QED) is 0.184. The van der Waals surface area contributed by atoms with Crippen molar-refractivity contribution >= 4 is 23.6 Å². The number of nitrogens with zero attached hydrogens (tertiary/aromatic N) is 4. The first-order valence-electron chi connectivity index (χ1n) is 19.0. The predicted octanol–water partition coefficient (Wildman–Crippen LogP) is 5.64. The van der Waals surface area contributed by atoms with Gasteiger partial charge in [0.05, 0.1) is 12.1 Å². The number of carbonyl (C=O) groups excluding carboxylic acids is 4. The zero-order valence-corrected chi connectivity index (χ0v) is 33.2.